The highest BCUT2D eigenvalue weighted by Gasteiger charge is 2.57. The van der Waals surface area contributed by atoms with Crippen molar-refractivity contribution >= 4 is 36.8 Å². The Labute approximate surface area is 221 Å². The lowest BCUT2D eigenvalue weighted by Gasteiger charge is -2.58. The maximum absolute atomic E-state index is 12.9. The third-order valence-electron chi connectivity index (χ3n) is 9.81. The molecular formula is C33H35O3S+. The summed E-state index contributed by atoms with van der Waals surface area (Å²) in [4.78, 5) is 14.3. The number of carbonyl (C=O) groups excluding carboxylic acids is 1. The molecule has 1 aromatic heterocycles. The molecule has 0 atom stereocenters. The highest BCUT2D eigenvalue weighted by molar-refractivity contribution is 7.50. The van der Waals surface area contributed by atoms with E-state index < -0.39 is 6.16 Å². The van der Waals surface area contributed by atoms with Crippen molar-refractivity contribution in [2.75, 3.05) is 0 Å². The fourth-order valence-corrected chi connectivity index (χ4v) is 10.6. The summed E-state index contributed by atoms with van der Waals surface area (Å²) in [5.74, 6) is 2.69. The first kappa shape index (κ1) is 23.3. The molecule has 0 unspecified atom stereocenters. The summed E-state index contributed by atoms with van der Waals surface area (Å²) < 4.78 is 14.7. The Hall–Kier alpha value is -2.85. The van der Waals surface area contributed by atoms with Gasteiger partial charge >= 0.3 is 6.16 Å². The molecule has 0 saturated heterocycles. The molecule has 3 nitrogen and oxygen atoms in total. The first-order valence-electron chi connectivity index (χ1n) is 13.8. The number of hydrogen-bond donors (Lipinski definition) is 0. The van der Waals surface area contributed by atoms with E-state index in [1.54, 1.807) is 0 Å². The number of ether oxygens (including phenoxy) is 2. The van der Waals surface area contributed by atoms with Crippen molar-refractivity contribution in [1.29, 1.82) is 0 Å². The van der Waals surface area contributed by atoms with Gasteiger partial charge in [-0.1, -0.05) is 24.3 Å². The molecule has 0 N–H and O–H groups in total. The number of aryl methyl sites for hydroxylation is 2. The zero-order valence-corrected chi connectivity index (χ0v) is 22.8. The molecule has 4 saturated carbocycles. The Morgan fingerprint density at radius 1 is 0.838 bits per heavy atom. The van der Waals surface area contributed by atoms with Gasteiger partial charge in [0.25, 0.3) is 0 Å². The van der Waals surface area contributed by atoms with Gasteiger partial charge in [-0.2, -0.15) is 0 Å². The average molecular weight is 512 g/mol. The lowest BCUT2D eigenvalue weighted by Crippen LogP contribution is -2.58. The third kappa shape index (κ3) is 3.71. The van der Waals surface area contributed by atoms with E-state index in [-0.39, 0.29) is 22.7 Å². The van der Waals surface area contributed by atoms with Crippen LogP contribution in [-0.4, -0.2) is 11.8 Å². The average Bonchev–Trinajstić information content (AvgIpc) is 3.21. The van der Waals surface area contributed by atoms with E-state index in [1.165, 1.54) is 57.2 Å². The van der Waals surface area contributed by atoms with Crippen LogP contribution in [0.15, 0.2) is 60.7 Å². The molecule has 4 heteroatoms. The van der Waals surface area contributed by atoms with Gasteiger partial charge in [0.1, 0.15) is 12.2 Å². The van der Waals surface area contributed by atoms with Gasteiger partial charge in [0, 0.05) is 33.4 Å². The van der Waals surface area contributed by atoms with Crippen LogP contribution in [0.5, 0.6) is 0 Å². The number of benzene rings is 3. The fourth-order valence-electron chi connectivity index (χ4n) is 8.03. The highest BCUT2D eigenvalue weighted by Crippen LogP contribution is 2.59. The fraction of sp³-hybridized carbons (Fsp3) is 0.424. The normalized spacial score (nSPS) is 28.2. The van der Waals surface area contributed by atoms with Gasteiger partial charge in [-0.15, -0.1) is 0 Å². The molecule has 4 aromatic rings. The largest absolute Gasteiger partial charge is 0.509 e. The summed E-state index contributed by atoms with van der Waals surface area (Å²) in [6.07, 6.45) is 5.74. The molecule has 4 bridgehead atoms. The summed E-state index contributed by atoms with van der Waals surface area (Å²) in [7, 11) is -0.127. The number of thiophene rings is 1. The molecule has 3 aromatic carbocycles. The molecule has 190 valence electrons. The maximum atomic E-state index is 12.9. The summed E-state index contributed by atoms with van der Waals surface area (Å²) in [6, 6.07) is 22.1. The lowest BCUT2D eigenvalue weighted by molar-refractivity contribution is -0.174. The molecule has 4 aliphatic rings. The minimum Gasteiger partial charge on any atom is -0.429 e. The third-order valence-corrected chi connectivity index (χ3v) is 12.1. The first-order chi connectivity index (χ1) is 17.9. The van der Waals surface area contributed by atoms with Gasteiger partial charge in [-0.3, -0.25) is 0 Å². The van der Waals surface area contributed by atoms with Crippen molar-refractivity contribution in [3.8, 4) is 4.90 Å². The van der Waals surface area contributed by atoms with E-state index in [0.29, 0.717) is 11.8 Å². The standard InChI is InChI=1S/C33H35O3S/c1-20-12-26(37-30-10-6-4-8-27(30)28-9-5-7-11-31(28)37)13-21(2)29(20)19-35-32(34)36-33(3)24-15-22-14-23(17-24)18-25(33)16-22/h4-13,22-25H,14-19H2,1-3H3/q+1. The van der Waals surface area contributed by atoms with Crippen LogP contribution < -0.4 is 0 Å². The van der Waals surface area contributed by atoms with Crippen LogP contribution >= 0.6 is 10.5 Å². The van der Waals surface area contributed by atoms with Crippen molar-refractivity contribution < 1.29 is 14.3 Å². The number of rotatable bonds is 4. The van der Waals surface area contributed by atoms with Gasteiger partial charge in [-0.25, -0.2) is 4.79 Å². The predicted molar refractivity (Wildman–Crippen MR) is 151 cm³/mol. The molecule has 4 aliphatic carbocycles. The summed E-state index contributed by atoms with van der Waals surface area (Å²) >= 11 is 0. The molecule has 1 heterocycles. The Bertz CT molecular complexity index is 1430. The molecular weight excluding hydrogens is 476 g/mol. The van der Waals surface area contributed by atoms with Gasteiger partial charge in [0.05, 0.1) is 0 Å². The zero-order chi connectivity index (χ0) is 25.3. The number of fused-ring (bicyclic) bond motifs is 3. The molecule has 0 amide bonds. The van der Waals surface area contributed by atoms with Crippen molar-refractivity contribution in [3.63, 3.8) is 0 Å². The second-order valence-corrected chi connectivity index (χ2v) is 13.9. The van der Waals surface area contributed by atoms with Crippen molar-refractivity contribution in [2.24, 2.45) is 23.7 Å². The van der Waals surface area contributed by atoms with Crippen LogP contribution in [0.3, 0.4) is 0 Å². The predicted octanol–water partition coefficient (Wildman–Crippen LogP) is 9.22. The first-order valence-corrected chi connectivity index (χ1v) is 15.0. The molecule has 37 heavy (non-hydrogen) atoms. The second-order valence-electron chi connectivity index (χ2n) is 12.0. The van der Waals surface area contributed by atoms with Crippen LogP contribution in [0.25, 0.3) is 25.1 Å². The minimum absolute atomic E-state index is 0.127. The van der Waals surface area contributed by atoms with Crippen LogP contribution in [0.4, 0.5) is 4.79 Å². The quantitative estimate of drug-likeness (QED) is 0.202. The van der Waals surface area contributed by atoms with Crippen LogP contribution in [0.1, 0.15) is 55.7 Å². The van der Waals surface area contributed by atoms with Crippen LogP contribution in [0, 0.1) is 37.5 Å². The van der Waals surface area contributed by atoms with Crippen molar-refractivity contribution in [3.05, 3.63) is 77.4 Å². The molecule has 0 spiro atoms. The van der Waals surface area contributed by atoms with E-state index in [0.717, 1.165) is 28.5 Å². The van der Waals surface area contributed by atoms with E-state index in [4.69, 9.17) is 9.47 Å². The van der Waals surface area contributed by atoms with Gasteiger partial charge < -0.3 is 9.47 Å². The van der Waals surface area contributed by atoms with Crippen LogP contribution in [-0.2, 0) is 16.1 Å². The topological polar surface area (TPSA) is 35.5 Å². The Kier molecular flexibility index (Phi) is 5.41. The lowest BCUT2D eigenvalue weighted by atomic mass is 9.50. The summed E-state index contributed by atoms with van der Waals surface area (Å²) in [5, 5.41) is 2.68. The van der Waals surface area contributed by atoms with Gasteiger partial charge in [0.15, 0.2) is 14.3 Å². The monoisotopic (exact) mass is 511 g/mol. The molecule has 0 aliphatic heterocycles. The Morgan fingerprint density at radius 3 is 1.89 bits per heavy atom. The minimum atomic E-state index is -0.502. The van der Waals surface area contributed by atoms with E-state index in [9.17, 15) is 4.79 Å². The van der Waals surface area contributed by atoms with Crippen molar-refractivity contribution in [2.45, 2.75) is 65.1 Å². The SMILES string of the molecule is Cc1cc(-[s+]2c3ccccc3c3ccccc32)cc(C)c1COC(=O)OC1(C)C2CC3CC(C2)CC1C3. The van der Waals surface area contributed by atoms with E-state index in [1.807, 2.05) is 0 Å². The zero-order valence-electron chi connectivity index (χ0n) is 22.0. The molecule has 0 radical (unpaired) electrons. The Balaban J connectivity index is 1.13. The van der Waals surface area contributed by atoms with Gasteiger partial charge in [0.2, 0.25) is 0 Å². The smallest absolute Gasteiger partial charge is 0.429 e. The van der Waals surface area contributed by atoms with Crippen LogP contribution in [0.2, 0.25) is 0 Å². The summed E-state index contributed by atoms with van der Waals surface area (Å²) in [5.41, 5.74) is 3.05. The Morgan fingerprint density at radius 2 is 1.35 bits per heavy atom. The molecule has 4 fully saturated rings. The number of hydrogen-bond acceptors (Lipinski definition) is 3. The number of carbonyl (C=O) groups is 1. The van der Waals surface area contributed by atoms with E-state index >= 15 is 0 Å². The van der Waals surface area contributed by atoms with Crippen molar-refractivity contribution in [1.82, 2.24) is 0 Å². The summed E-state index contributed by atoms with van der Waals surface area (Å²) in [6.45, 7) is 6.70. The van der Waals surface area contributed by atoms with E-state index in [2.05, 4.69) is 81.4 Å². The second kappa shape index (κ2) is 8.59. The highest BCUT2D eigenvalue weighted by atomic mass is 32.2. The molecule has 8 rings (SSSR count). The van der Waals surface area contributed by atoms with Gasteiger partial charge in [-0.05, 0) is 118 Å². The maximum Gasteiger partial charge on any atom is 0.509 e.